The first kappa shape index (κ1) is 18.3. The van der Waals surface area contributed by atoms with Gasteiger partial charge in [0.2, 0.25) is 5.65 Å². The lowest BCUT2D eigenvalue weighted by Crippen LogP contribution is -1.94. The number of aryl methyl sites for hydroxylation is 2. The largest absolute Gasteiger partial charge is 0.478 e. The summed E-state index contributed by atoms with van der Waals surface area (Å²) in [7, 11) is 1.58. The van der Waals surface area contributed by atoms with E-state index in [4.69, 9.17) is 4.74 Å². The van der Waals surface area contributed by atoms with E-state index < -0.39 is 0 Å². The number of imidazole rings is 2. The van der Waals surface area contributed by atoms with Crippen LogP contribution in [0, 0.1) is 13.8 Å². The monoisotopic (exact) mass is 530 g/mol. The summed E-state index contributed by atoms with van der Waals surface area (Å²) in [6, 6.07) is 0. The Morgan fingerprint density at radius 2 is 1.28 bits per heavy atom. The van der Waals surface area contributed by atoms with Crippen LogP contribution in [0.2, 0.25) is 0 Å². The van der Waals surface area contributed by atoms with Crippen molar-refractivity contribution in [2.75, 3.05) is 7.11 Å². The zero-order valence-electron chi connectivity index (χ0n) is 13.5. The van der Waals surface area contributed by atoms with Crippen molar-refractivity contribution < 1.29 is 4.74 Å². The Morgan fingerprint density at radius 3 is 1.88 bits per heavy atom. The molecule has 0 unspecified atom stereocenters. The Balaban J connectivity index is 0.000000146. The molecule has 25 heavy (non-hydrogen) atoms. The normalized spacial score (nSPS) is 10.8. The molecule has 0 aliphatic heterocycles. The van der Waals surface area contributed by atoms with Gasteiger partial charge in [-0.2, -0.15) is 0 Å². The highest BCUT2D eigenvalue weighted by molar-refractivity contribution is 9.11. The van der Waals surface area contributed by atoms with Crippen molar-refractivity contribution in [1.82, 2.24) is 28.7 Å². The Morgan fingerprint density at radius 1 is 0.760 bits per heavy atom. The Hall–Kier alpha value is -1.52. The molecule has 0 N–H and O–H groups in total. The fourth-order valence-electron chi connectivity index (χ4n) is 2.25. The number of nitrogens with zero attached hydrogens (tertiary/aromatic N) is 6. The number of halogens is 3. The van der Waals surface area contributed by atoms with E-state index in [1.54, 1.807) is 7.11 Å². The van der Waals surface area contributed by atoms with Crippen LogP contribution in [0.4, 0.5) is 0 Å². The van der Waals surface area contributed by atoms with Crippen molar-refractivity contribution in [1.29, 1.82) is 0 Å². The quantitative estimate of drug-likeness (QED) is 0.364. The number of hydrogen-bond donors (Lipinski definition) is 0. The van der Waals surface area contributed by atoms with E-state index in [-0.39, 0.29) is 0 Å². The van der Waals surface area contributed by atoms with Gasteiger partial charge in [-0.1, -0.05) is 0 Å². The lowest BCUT2D eigenvalue weighted by Gasteiger charge is -2.00. The maximum atomic E-state index is 5.10. The van der Waals surface area contributed by atoms with E-state index in [0.717, 1.165) is 36.5 Å². The minimum absolute atomic E-state index is 0.530. The van der Waals surface area contributed by atoms with Crippen LogP contribution >= 0.6 is 47.8 Å². The summed E-state index contributed by atoms with van der Waals surface area (Å²) < 4.78 is 11.2. The first-order chi connectivity index (χ1) is 11.9. The Bertz CT molecular complexity index is 1060. The lowest BCUT2D eigenvalue weighted by atomic mass is 10.6. The molecule has 4 heterocycles. The molecule has 7 nitrogen and oxygen atoms in total. The van der Waals surface area contributed by atoms with Crippen LogP contribution in [0.1, 0.15) is 11.4 Å². The maximum absolute atomic E-state index is 5.10. The molecule has 0 aliphatic rings. The molecule has 0 bridgehead atoms. The van der Waals surface area contributed by atoms with Gasteiger partial charge in [-0.25, -0.2) is 19.9 Å². The van der Waals surface area contributed by atoms with Crippen molar-refractivity contribution in [2.45, 2.75) is 13.8 Å². The second-order valence-electron chi connectivity index (χ2n) is 5.15. The van der Waals surface area contributed by atoms with Gasteiger partial charge in [0.05, 0.1) is 18.5 Å². The summed E-state index contributed by atoms with van der Waals surface area (Å²) in [4.78, 5) is 16.9. The van der Waals surface area contributed by atoms with Crippen LogP contribution < -0.4 is 4.74 Å². The van der Waals surface area contributed by atoms with Gasteiger partial charge in [0.25, 0.3) is 5.88 Å². The molecule has 4 rings (SSSR count). The van der Waals surface area contributed by atoms with E-state index >= 15 is 0 Å². The van der Waals surface area contributed by atoms with Crippen LogP contribution in [0.25, 0.3) is 11.3 Å². The number of rotatable bonds is 1. The van der Waals surface area contributed by atoms with Crippen molar-refractivity contribution >= 4 is 59.1 Å². The first-order valence-corrected chi connectivity index (χ1v) is 9.48. The summed E-state index contributed by atoms with van der Waals surface area (Å²) in [6.45, 7) is 3.88. The van der Waals surface area contributed by atoms with Crippen LogP contribution in [0.3, 0.4) is 0 Å². The zero-order chi connectivity index (χ0) is 18.1. The fraction of sp³-hybridized carbons (Fsp3) is 0.200. The molecule has 0 aromatic carbocycles. The highest BCUT2D eigenvalue weighted by Gasteiger charge is 2.07. The van der Waals surface area contributed by atoms with Gasteiger partial charge < -0.3 is 9.14 Å². The average Bonchev–Trinajstić information content (AvgIpc) is 3.08. The summed E-state index contributed by atoms with van der Waals surface area (Å²) in [5.74, 6) is 0.530. The summed E-state index contributed by atoms with van der Waals surface area (Å²) in [6.07, 6.45) is 7.59. The van der Waals surface area contributed by atoms with Gasteiger partial charge in [-0.15, -0.1) is 0 Å². The maximum Gasteiger partial charge on any atom is 0.259 e. The van der Waals surface area contributed by atoms with Gasteiger partial charge in [-0.05, 0) is 61.6 Å². The van der Waals surface area contributed by atoms with Gasteiger partial charge in [0.15, 0.2) is 10.3 Å². The Kier molecular flexibility index (Phi) is 5.40. The molecule has 0 fully saturated rings. The molecule has 10 heteroatoms. The molecular weight excluding hydrogens is 520 g/mol. The molecule has 4 aromatic heterocycles. The van der Waals surface area contributed by atoms with Crippen LogP contribution in [0.15, 0.2) is 38.6 Å². The third kappa shape index (κ3) is 4.01. The predicted octanol–water partition coefficient (Wildman–Crippen LogP) is 4.37. The zero-order valence-corrected chi connectivity index (χ0v) is 18.3. The fourth-order valence-corrected chi connectivity index (χ4v) is 3.76. The van der Waals surface area contributed by atoms with E-state index in [9.17, 15) is 0 Å². The molecule has 0 saturated carbocycles. The predicted molar refractivity (Wildman–Crippen MR) is 105 cm³/mol. The number of aromatic nitrogens is 6. The molecule has 4 aromatic rings. The van der Waals surface area contributed by atoms with Crippen LogP contribution in [-0.4, -0.2) is 35.8 Å². The second kappa shape index (κ2) is 7.38. The highest BCUT2D eigenvalue weighted by Crippen LogP contribution is 2.19. The standard InChI is InChI=1S/C8H8BrN3O.C7H5Br2N3/c1-5-3-12-4-6(9)11-8(13-2)7(12)10-5;1-4-2-12-3-5(8)11-6(9)7(12)10-4/h3-4H,1-2H3;2-3H,1H3. The molecule has 0 amide bonds. The van der Waals surface area contributed by atoms with Crippen LogP contribution in [-0.2, 0) is 0 Å². The highest BCUT2D eigenvalue weighted by atomic mass is 79.9. The third-order valence-electron chi connectivity index (χ3n) is 3.18. The summed E-state index contributed by atoms with van der Waals surface area (Å²) in [5, 5.41) is 0. The van der Waals surface area contributed by atoms with Gasteiger partial charge >= 0.3 is 0 Å². The number of ether oxygens (including phenoxy) is 1. The van der Waals surface area contributed by atoms with Gasteiger partial charge in [-0.3, -0.25) is 4.40 Å². The minimum atomic E-state index is 0.530. The van der Waals surface area contributed by atoms with E-state index in [1.807, 2.05) is 47.4 Å². The van der Waals surface area contributed by atoms with Crippen molar-refractivity contribution in [3.63, 3.8) is 0 Å². The topological polar surface area (TPSA) is 69.6 Å². The molecular formula is C15H13Br3N6O. The van der Waals surface area contributed by atoms with Crippen molar-refractivity contribution in [3.05, 3.63) is 50.0 Å². The van der Waals surface area contributed by atoms with Gasteiger partial charge in [0.1, 0.15) is 9.21 Å². The molecule has 0 aliphatic carbocycles. The molecule has 0 spiro atoms. The number of methoxy groups -OCH3 is 1. The molecule has 0 atom stereocenters. The van der Waals surface area contributed by atoms with E-state index in [0.29, 0.717) is 5.88 Å². The lowest BCUT2D eigenvalue weighted by molar-refractivity contribution is 0.399. The summed E-state index contributed by atoms with van der Waals surface area (Å²) >= 11 is 9.93. The Labute approximate surface area is 168 Å². The van der Waals surface area contributed by atoms with Crippen molar-refractivity contribution in [2.24, 2.45) is 0 Å². The first-order valence-electron chi connectivity index (χ1n) is 7.10. The van der Waals surface area contributed by atoms with Crippen molar-refractivity contribution in [3.8, 4) is 5.88 Å². The van der Waals surface area contributed by atoms with E-state index in [2.05, 4.69) is 67.7 Å². The minimum Gasteiger partial charge on any atom is -0.478 e. The molecule has 0 saturated heterocycles. The number of hydrogen-bond acceptors (Lipinski definition) is 5. The van der Waals surface area contributed by atoms with E-state index in [1.165, 1.54) is 0 Å². The molecule has 130 valence electrons. The van der Waals surface area contributed by atoms with Crippen LogP contribution in [0.5, 0.6) is 5.88 Å². The average molecular weight is 533 g/mol. The number of fused-ring (bicyclic) bond motifs is 2. The third-order valence-corrected chi connectivity index (χ3v) is 4.48. The second-order valence-corrected chi connectivity index (χ2v) is 7.53. The molecule has 0 radical (unpaired) electrons. The summed E-state index contributed by atoms with van der Waals surface area (Å²) in [5.41, 5.74) is 3.51. The van der Waals surface area contributed by atoms with Gasteiger partial charge in [0, 0.05) is 24.8 Å². The smallest absolute Gasteiger partial charge is 0.259 e. The SMILES string of the molecule is COc1nc(Br)cn2cc(C)nc12.Cc1cn2cc(Br)nc(Br)c2n1.